The lowest BCUT2D eigenvalue weighted by atomic mass is 9.82. The number of benzene rings is 1. The maximum atomic E-state index is 11.7. The van der Waals surface area contributed by atoms with Gasteiger partial charge in [0.2, 0.25) is 0 Å². The average molecular weight is 284 g/mol. The number of aromatic nitrogens is 1. The Hall–Kier alpha value is -1.81. The molecule has 1 N–H and O–H groups in total. The summed E-state index contributed by atoms with van der Waals surface area (Å²) in [7, 11) is 2.08. The molecule has 1 aromatic carbocycles. The second-order valence-electron chi connectivity index (χ2n) is 6.26. The van der Waals surface area contributed by atoms with Crippen molar-refractivity contribution < 1.29 is 9.90 Å². The number of fused-ring (bicyclic) bond motifs is 5. The predicted octanol–water partition coefficient (Wildman–Crippen LogP) is 2.57. The molecule has 0 radical (unpaired) electrons. The molecule has 2 aliphatic rings. The van der Waals surface area contributed by atoms with Gasteiger partial charge in [0.15, 0.2) is 0 Å². The van der Waals surface area contributed by atoms with Crippen LogP contribution < -0.4 is 0 Å². The minimum atomic E-state index is -0.650. The topological polar surface area (TPSA) is 45.5 Å². The van der Waals surface area contributed by atoms with Crippen molar-refractivity contribution in [3.8, 4) is 0 Å². The van der Waals surface area contributed by atoms with E-state index in [-0.39, 0.29) is 12.0 Å². The monoisotopic (exact) mass is 284 g/mol. The molecular weight excluding hydrogens is 264 g/mol. The Morgan fingerprint density at radius 3 is 2.90 bits per heavy atom. The second kappa shape index (κ2) is 4.60. The summed E-state index contributed by atoms with van der Waals surface area (Å²) >= 11 is 0. The number of hydrogen-bond acceptors (Lipinski definition) is 2. The quantitative estimate of drug-likeness (QED) is 0.875. The first-order valence-corrected chi connectivity index (χ1v) is 7.71. The van der Waals surface area contributed by atoms with Crippen molar-refractivity contribution in [1.29, 1.82) is 0 Å². The van der Waals surface area contributed by atoms with Gasteiger partial charge < -0.3 is 9.67 Å². The van der Waals surface area contributed by atoms with Crippen LogP contribution in [0.1, 0.15) is 30.1 Å². The van der Waals surface area contributed by atoms with E-state index in [1.165, 1.54) is 22.2 Å². The van der Waals surface area contributed by atoms with E-state index < -0.39 is 5.97 Å². The molecule has 21 heavy (non-hydrogen) atoms. The molecule has 0 amide bonds. The van der Waals surface area contributed by atoms with Crippen molar-refractivity contribution in [3.63, 3.8) is 0 Å². The molecule has 2 aliphatic heterocycles. The van der Waals surface area contributed by atoms with Gasteiger partial charge in [0.25, 0.3) is 0 Å². The minimum Gasteiger partial charge on any atom is -0.481 e. The lowest BCUT2D eigenvalue weighted by molar-refractivity contribution is -0.146. The van der Waals surface area contributed by atoms with Crippen molar-refractivity contribution in [2.45, 2.75) is 25.3 Å². The molecule has 1 aromatic heterocycles. The summed E-state index contributed by atoms with van der Waals surface area (Å²) in [6, 6.07) is 8.47. The number of hydrogen-bond donors (Lipinski definition) is 1. The zero-order chi connectivity index (χ0) is 14.6. The lowest BCUT2D eigenvalue weighted by Gasteiger charge is -2.43. The van der Waals surface area contributed by atoms with E-state index in [4.69, 9.17) is 0 Å². The molecule has 0 spiro atoms. The van der Waals surface area contributed by atoms with E-state index in [9.17, 15) is 9.90 Å². The third kappa shape index (κ3) is 1.75. The van der Waals surface area contributed by atoms with Gasteiger partial charge >= 0.3 is 5.97 Å². The lowest BCUT2D eigenvalue weighted by Crippen LogP contribution is -2.46. The van der Waals surface area contributed by atoms with Crippen LogP contribution in [0, 0.1) is 5.92 Å². The Morgan fingerprint density at radius 1 is 1.29 bits per heavy atom. The first kappa shape index (κ1) is 12.9. The highest BCUT2D eigenvalue weighted by atomic mass is 16.4. The first-order chi connectivity index (χ1) is 10.2. The van der Waals surface area contributed by atoms with Gasteiger partial charge in [0.05, 0.1) is 12.0 Å². The summed E-state index contributed by atoms with van der Waals surface area (Å²) in [4.78, 5) is 14.1. The van der Waals surface area contributed by atoms with E-state index in [0.29, 0.717) is 0 Å². The molecule has 0 bridgehead atoms. The zero-order valence-corrected chi connectivity index (χ0v) is 12.2. The predicted molar refractivity (Wildman–Crippen MR) is 81.3 cm³/mol. The smallest absolute Gasteiger partial charge is 0.308 e. The number of aryl methyl sites for hydroxylation is 1. The van der Waals surface area contributed by atoms with E-state index in [1.807, 2.05) is 0 Å². The van der Waals surface area contributed by atoms with E-state index in [1.54, 1.807) is 0 Å². The van der Waals surface area contributed by atoms with Gasteiger partial charge in [0.1, 0.15) is 0 Å². The van der Waals surface area contributed by atoms with Gasteiger partial charge in [-0.3, -0.25) is 9.69 Å². The normalized spacial score (nSPS) is 25.6. The molecule has 1 saturated heterocycles. The summed E-state index contributed by atoms with van der Waals surface area (Å²) in [6.45, 7) is 2.00. The molecule has 0 aliphatic carbocycles. The third-order valence-corrected chi connectivity index (χ3v) is 5.24. The Labute approximate surface area is 124 Å². The van der Waals surface area contributed by atoms with Gasteiger partial charge in [-0.1, -0.05) is 18.2 Å². The zero-order valence-electron chi connectivity index (χ0n) is 12.2. The maximum Gasteiger partial charge on any atom is 0.308 e. The van der Waals surface area contributed by atoms with Crippen LogP contribution in [0.4, 0.5) is 0 Å². The Morgan fingerprint density at radius 2 is 2.10 bits per heavy atom. The van der Waals surface area contributed by atoms with Crippen LogP contribution in [-0.4, -0.2) is 33.6 Å². The van der Waals surface area contributed by atoms with Crippen LogP contribution >= 0.6 is 0 Å². The second-order valence-corrected chi connectivity index (χ2v) is 6.26. The van der Waals surface area contributed by atoms with Crippen molar-refractivity contribution in [2.75, 3.05) is 13.1 Å². The van der Waals surface area contributed by atoms with Crippen molar-refractivity contribution >= 4 is 16.9 Å². The number of rotatable bonds is 1. The number of aliphatic carboxylic acids is 1. The highest BCUT2D eigenvalue weighted by Gasteiger charge is 2.42. The summed E-state index contributed by atoms with van der Waals surface area (Å²) < 4.78 is 2.22. The maximum absolute atomic E-state index is 11.7. The Bertz CT molecular complexity index is 719. The van der Waals surface area contributed by atoms with E-state index >= 15 is 0 Å². The van der Waals surface area contributed by atoms with Crippen LogP contribution in [0.5, 0.6) is 0 Å². The molecule has 2 aromatic rings. The van der Waals surface area contributed by atoms with E-state index in [0.717, 1.165) is 32.4 Å². The van der Waals surface area contributed by atoms with Crippen molar-refractivity contribution in [1.82, 2.24) is 9.47 Å². The van der Waals surface area contributed by atoms with E-state index in [2.05, 4.69) is 40.8 Å². The fourth-order valence-electron chi connectivity index (χ4n) is 4.33. The van der Waals surface area contributed by atoms with Gasteiger partial charge in [-0.05, 0) is 37.4 Å². The van der Waals surface area contributed by atoms with Crippen LogP contribution in [0.15, 0.2) is 24.3 Å². The van der Waals surface area contributed by atoms with Gasteiger partial charge in [0, 0.05) is 30.2 Å². The molecule has 3 heterocycles. The van der Waals surface area contributed by atoms with Gasteiger partial charge in [-0.2, -0.15) is 0 Å². The van der Waals surface area contributed by atoms with Crippen LogP contribution in [0.25, 0.3) is 10.9 Å². The molecule has 4 heteroatoms. The number of carbonyl (C=O) groups is 1. The number of carboxylic acids is 1. The van der Waals surface area contributed by atoms with Crippen molar-refractivity contribution in [2.24, 2.45) is 13.0 Å². The molecule has 1 fully saturated rings. The summed E-state index contributed by atoms with van der Waals surface area (Å²) in [5.41, 5.74) is 3.82. The Kier molecular flexibility index (Phi) is 2.82. The Balaban J connectivity index is 1.95. The fraction of sp³-hybridized carbons (Fsp3) is 0.471. The minimum absolute atomic E-state index is 0.0393. The average Bonchev–Trinajstić information content (AvgIpc) is 2.80. The molecule has 4 rings (SSSR count). The molecule has 4 nitrogen and oxygen atoms in total. The number of piperidine rings is 1. The standard InChI is InChI=1S/C17H20N2O2/c1-18-14-7-3-2-5-11(14)12-8-10-19-9-4-6-13(17(20)21)16(19)15(12)18/h2-3,5,7,13,16H,4,6,8-10H2,1H3,(H,20,21)/t13-,16?/m0/s1. The first-order valence-electron chi connectivity index (χ1n) is 7.71. The molecular formula is C17H20N2O2. The summed E-state index contributed by atoms with van der Waals surface area (Å²) in [5.74, 6) is -0.927. The fourth-order valence-corrected chi connectivity index (χ4v) is 4.33. The van der Waals surface area contributed by atoms with Crippen LogP contribution in [-0.2, 0) is 18.3 Å². The number of nitrogens with zero attached hydrogens (tertiary/aromatic N) is 2. The number of carboxylic acid groups (broad SMARTS) is 1. The molecule has 1 unspecified atom stereocenters. The molecule has 2 atom stereocenters. The van der Waals surface area contributed by atoms with Gasteiger partial charge in [-0.25, -0.2) is 0 Å². The van der Waals surface area contributed by atoms with Crippen LogP contribution in [0.3, 0.4) is 0 Å². The SMILES string of the molecule is Cn1c2c(c3ccccc31)CCN1CCC[C@H](C(=O)O)C21. The summed E-state index contributed by atoms with van der Waals surface area (Å²) in [6.07, 6.45) is 2.81. The molecule has 0 saturated carbocycles. The molecule has 110 valence electrons. The highest BCUT2D eigenvalue weighted by Crippen LogP contribution is 2.43. The van der Waals surface area contributed by atoms with Gasteiger partial charge in [-0.15, -0.1) is 0 Å². The number of para-hydroxylation sites is 1. The highest BCUT2D eigenvalue weighted by molar-refractivity contribution is 5.86. The largest absolute Gasteiger partial charge is 0.481 e. The summed E-state index contributed by atoms with van der Waals surface area (Å²) in [5, 5.41) is 10.9. The van der Waals surface area contributed by atoms with Crippen molar-refractivity contribution in [3.05, 3.63) is 35.5 Å². The van der Waals surface area contributed by atoms with Crippen LogP contribution in [0.2, 0.25) is 0 Å². The third-order valence-electron chi connectivity index (χ3n) is 5.24.